The third-order valence-corrected chi connectivity index (χ3v) is 4.80. The smallest absolute Gasteiger partial charge is 0.163 e. The van der Waals surface area contributed by atoms with E-state index >= 15 is 0 Å². The van der Waals surface area contributed by atoms with Crippen molar-refractivity contribution >= 4 is 42.9 Å². The molecular weight excluding hydrogens is 343 g/mol. The standard InChI is InChI=1S/C17H18ClN4OP/c1-10-9-23-5-4-22(10)16-8-15(18)20-17(21-16)13-6-11(24)7-14-12(13)2-3-19-14/h2-3,6-8,10,19H,4-5,9,24H2,1H3/t10-/m1/s1. The summed E-state index contributed by atoms with van der Waals surface area (Å²) >= 11 is 6.31. The Morgan fingerprint density at radius 2 is 2.21 bits per heavy atom. The van der Waals surface area contributed by atoms with E-state index in [2.05, 4.69) is 43.2 Å². The number of hydrogen-bond acceptors (Lipinski definition) is 4. The highest BCUT2D eigenvalue weighted by atomic mass is 35.5. The van der Waals surface area contributed by atoms with Crippen LogP contribution in [0.15, 0.2) is 30.5 Å². The molecular formula is C17H18ClN4OP. The SMILES string of the molecule is C[C@@H]1COCCN1c1cc(Cl)nc(-c2cc(P)cc3[nH]ccc23)n1. The predicted molar refractivity (Wildman–Crippen MR) is 101 cm³/mol. The molecule has 3 heterocycles. The molecule has 124 valence electrons. The van der Waals surface area contributed by atoms with Gasteiger partial charge in [-0.1, -0.05) is 11.6 Å². The van der Waals surface area contributed by atoms with E-state index in [0.29, 0.717) is 24.2 Å². The quantitative estimate of drug-likeness (QED) is 0.564. The maximum atomic E-state index is 6.31. The van der Waals surface area contributed by atoms with Crippen LogP contribution in [0.1, 0.15) is 6.92 Å². The van der Waals surface area contributed by atoms with Gasteiger partial charge in [-0.05, 0) is 30.4 Å². The van der Waals surface area contributed by atoms with Crippen molar-refractivity contribution in [1.29, 1.82) is 0 Å². The van der Waals surface area contributed by atoms with E-state index in [1.807, 2.05) is 18.3 Å². The molecule has 1 N–H and O–H groups in total. The lowest BCUT2D eigenvalue weighted by Crippen LogP contribution is -2.44. The van der Waals surface area contributed by atoms with E-state index in [1.165, 1.54) is 0 Å². The van der Waals surface area contributed by atoms with Crippen LogP contribution in [-0.2, 0) is 4.74 Å². The second-order valence-electron chi connectivity index (χ2n) is 6.00. The van der Waals surface area contributed by atoms with Crippen LogP contribution in [0.2, 0.25) is 5.15 Å². The van der Waals surface area contributed by atoms with Crippen LogP contribution in [-0.4, -0.2) is 40.8 Å². The molecule has 2 aromatic heterocycles. The van der Waals surface area contributed by atoms with Gasteiger partial charge >= 0.3 is 0 Å². The second-order valence-corrected chi connectivity index (χ2v) is 7.05. The van der Waals surface area contributed by atoms with Gasteiger partial charge in [-0.15, -0.1) is 9.24 Å². The highest BCUT2D eigenvalue weighted by Gasteiger charge is 2.22. The van der Waals surface area contributed by atoms with E-state index in [-0.39, 0.29) is 6.04 Å². The molecule has 0 spiro atoms. The third kappa shape index (κ3) is 2.88. The molecule has 1 fully saturated rings. The van der Waals surface area contributed by atoms with Crippen LogP contribution in [0.25, 0.3) is 22.3 Å². The normalized spacial score (nSPS) is 18.3. The first kappa shape index (κ1) is 15.8. The summed E-state index contributed by atoms with van der Waals surface area (Å²) in [5, 5.41) is 2.61. The molecule has 4 rings (SSSR count). The minimum Gasteiger partial charge on any atom is -0.377 e. The number of fused-ring (bicyclic) bond motifs is 1. The van der Waals surface area contributed by atoms with Crippen molar-refractivity contribution in [1.82, 2.24) is 15.0 Å². The minimum atomic E-state index is 0.262. The number of benzene rings is 1. The number of anilines is 1. The Hall–Kier alpha value is -1.68. The average Bonchev–Trinajstić information content (AvgIpc) is 3.02. The zero-order valence-corrected chi connectivity index (χ0v) is 15.2. The van der Waals surface area contributed by atoms with Crippen LogP contribution >= 0.6 is 20.8 Å². The monoisotopic (exact) mass is 360 g/mol. The van der Waals surface area contributed by atoms with E-state index in [1.54, 1.807) is 0 Å². The van der Waals surface area contributed by atoms with Crippen molar-refractivity contribution in [3.8, 4) is 11.4 Å². The third-order valence-electron chi connectivity index (χ3n) is 4.28. The summed E-state index contributed by atoms with van der Waals surface area (Å²) in [6, 6.07) is 8.28. The van der Waals surface area contributed by atoms with E-state index in [4.69, 9.17) is 21.3 Å². The van der Waals surface area contributed by atoms with Crippen LogP contribution < -0.4 is 10.2 Å². The number of ether oxygens (including phenoxy) is 1. The Morgan fingerprint density at radius 3 is 3.04 bits per heavy atom. The van der Waals surface area contributed by atoms with Crippen molar-refractivity contribution in [2.24, 2.45) is 0 Å². The Kier molecular flexibility index (Phi) is 4.17. The molecule has 0 bridgehead atoms. The number of halogens is 1. The van der Waals surface area contributed by atoms with Gasteiger partial charge in [0.25, 0.3) is 0 Å². The topological polar surface area (TPSA) is 54.0 Å². The van der Waals surface area contributed by atoms with Crippen LogP contribution in [0.3, 0.4) is 0 Å². The van der Waals surface area contributed by atoms with Gasteiger partial charge in [0.15, 0.2) is 5.82 Å². The lowest BCUT2D eigenvalue weighted by atomic mass is 10.1. The summed E-state index contributed by atoms with van der Waals surface area (Å²) in [4.78, 5) is 14.7. The van der Waals surface area contributed by atoms with E-state index in [0.717, 1.165) is 34.1 Å². The number of nitrogens with zero attached hydrogens (tertiary/aromatic N) is 3. The number of H-pyrrole nitrogens is 1. The van der Waals surface area contributed by atoms with E-state index in [9.17, 15) is 0 Å². The zero-order valence-electron chi connectivity index (χ0n) is 13.3. The summed E-state index contributed by atoms with van der Waals surface area (Å²) in [7, 11) is 2.73. The van der Waals surface area contributed by atoms with Gasteiger partial charge in [0.2, 0.25) is 0 Å². The summed E-state index contributed by atoms with van der Waals surface area (Å²) in [5.74, 6) is 1.49. The summed E-state index contributed by atoms with van der Waals surface area (Å²) < 4.78 is 5.52. The van der Waals surface area contributed by atoms with Gasteiger partial charge in [0, 0.05) is 35.3 Å². The highest BCUT2D eigenvalue weighted by molar-refractivity contribution is 7.27. The molecule has 24 heavy (non-hydrogen) atoms. The number of aromatic nitrogens is 3. The predicted octanol–water partition coefficient (Wildman–Crippen LogP) is 3.00. The van der Waals surface area contributed by atoms with Crippen LogP contribution in [0, 0.1) is 0 Å². The molecule has 1 unspecified atom stereocenters. The molecule has 0 aliphatic carbocycles. The van der Waals surface area contributed by atoms with E-state index < -0.39 is 0 Å². The molecule has 0 radical (unpaired) electrons. The summed E-state index contributed by atoms with van der Waals surface area (Å²) in [6.07, 6.45) is 1.92. The molecule has 1 saturated heterocycles. The molecule has 3 aromatic rings. The van der Waals surface area contributed by atoms with Gasteiger partial charge < -0.3 is 14.6 Å². The molecule has 1 aromatic carbocycles. The fraction of sp³-hybridized carbons (Fsp3) is 0.294. The first-order chi connectivity index (χ1) is 11.6. The number of morpholine rings is 1. The Labute approximate surface area is 147 Å². The Morgan fingerprint density at radius 1 is 1.33 bits per heavy atom. The number of aromatic amines is 1. The first-order valence-corrected chi connectivity index (χ1v) is 8.83. The van der Waals surface area contributed by atoms with Crippen molar-refractivity contribution in [3.63, 3.8) is 0 Å². The van der Waals surface area contributed by atoms with Crippen molar-refractivity contribution in [2.75, 3.05) is 24.7 Å². The lowest BCUT2D eigenvalue weighted by Gasteiger charge is -2.34. The van der Waals surface area contributed by atoms with Crippen molar-refractivity contribution in [2.45, 2.75) is 13.0 Å². The highest BCUT2D eigenvalue weighted by Crippen LogP contribution is 2.29. The molecule has 0 amide bonds. The molecule has 1 aliphatic heterocycles. The number of rotatable bonds is 2. The molecule has 1 aliphatic rings. The van der Waals surface area contributed by atoms with Gasteiger partial charge in [0.1, 0.15) is 11.0 Å². The van der Waals surface area contributed by atoms with Crippen molar-refractivity contribution < 1.29 is 4.74 Å². The van der Waals surface area contributed by atoms with Gasteiger partial charge in [-0.25, -0.2) is 9.97 Å². The minimum absolute atomic E-state index is 0.262. The molecule has 0 saturated carbocycles. The zero-order chi connectivity index (χ0) is 16.7. The van der Waals surface area contributed by atoms with Crippen LogP contribution in [0.5, 0.6) is 0 Å². The maximum Gasteiger partial charge on any atom is 0.163 e. The Balaban J connectivity index is 1.85. The average molecular weight is 361 g/mol. The summed E-state index contributed by atoms with van der Waals surface area (Å²) in [6.45, 7) is 4.32. The van der Waals surface area contributed by atoms with Gasteiger partial charge in [-0.3, -0.25) is 0 Å². The largest absolute Gasteiger partial charge is 0.377 e. The van der Waals surface area contributed by atoms with Gasteiger partial charge in [0.05, 0.1) is 19.3 Å². The fourth-order valence-corrected chi connectivity index (χ4v) is 3.63. The molecule has 5 nitrogen and oxygen atoms in total. The van der Waals surface area contributed by atoms with Gasteiger partial charge in [-0.2, -0.15) is 0 Å². The Bertz CT molecular complexity index is 897. The summed E-state index contributed by atoms with van der Waals surface area (Å²) in [5.41, 5.74) is 2.03. The number of nitrogens with one attached hydrogen (secondary N) is 1. The van der Waals surface area contributed by atoms with Crippen LogP contribution in [0.4, 0.5) is 5.82 Å². The van der Waals surface area contributed by atoms with Crippen molar-refractivity contribution in [3.05, 3.63) is 35.6 Å². The molecule has 7 heteroatoms. The number of hydrogen-bond donors (Lipinski definition) is 1. The first-order valence-electron chi connectivity index (χ1n) is 7.88. The second kappa shape index (κ2) is 6.32. The lowest BCUT2D eigenvalue weighted by molar-refractivity contribution is 0.0985. The molecule has 2 atom stereocenters. The maximum absolute atomic E-state index is 6.31. The fourth-order valence-electron chi connectivity index (χ4n) is 3.12.